The Morgan fingerprint density at radius 2 is 2.00 bits per heavy atom. The van der Waals surface area contributed by atoms with Crippen LogP contribution in [-0.2, 0) is 0 Å². The minimum atomic E-state index is -1.18. The van der Waals surface area contributed by atoms with Gasteiger partial charge in [-0.3, -0.25) is 0 Å². The molecule has 0 spiro atoms. The Balaban J connectivity index is 2.90. The number of hydrogen-bond donors (Lipinski definition) is 3. The summed E-state index contributed by atoms with van der Waals surface area (Å²) in [5.74, 6) is 0. The molecule has 0 saturated heterocycles. The van der Waals surface area contributed by atoms with Crippen LogP contribution in [0.25, 0.3) is 0 Å². The smallest absolute Gasteiger partial charge is 0.405 e. The summed E-state index contributed by atoms with van der Waals surface area (Å²) in [4.78, 5) is 10.5. The van der Waals surface area contributed by atoms with E-state index in [4.69, 9.17) is 5.11 Å². The highest BCUT2D eigenvalue weighted by Gasteiger charge is 2.19. The highest BCUT2D eigenvalue weighted by Crippen LogP contribution is 2.17. The largest absolute Gasteiger partial charge is 0.465 e. The van der Waals surface area contributed by atoms with Crippen molar-refractivity contribution in [3.8, 4) is 0 Å². The summed E-state index contributed by atoms with van der Waals surface area (Å²) < 4.78 is 0. The van der Waals surface area contributed by atoms with Crippen LogP contribution in [0.1, 0.15) is 11.6 Å². The molecule has 15 heavy (non-hydrogen) atoms. The normalized spacial score (nSPS) is 13.9. The second-order valence-corrected chi connectivity index (χ2v) is 3.06. The molecule has 4 heteroatoms. The van der Waals surface area contributed by atoms with Gasteiger partial charge < -0.3 is 15.5 Å². The van der Waals surface area contributed by atoms with E-state index in [1.165, 1.54) is 6.08 Å². The lowest BCUT2D eigenvalue weighted by atomic mass is 10.0. The van der Waals surface area contributed by atoms with E-state index in [0.717, 1.165) is 0 Å². The molecule has 2 atom stereocenters. The van der Waals surface area contributed by atoms with Crippen molar-refractivity contribution >= 4 is 6.09 Å². The third-order valence-corrected chi connectivity index (χ3v) is 2.02. The fourth-order valence-corrected chi connectivity index (χ4v) is 1.30. The van der Waals surface area contributed by atoms with Crippen molar-refractivity contribution in [1.82, 2.24) is 5.32 Å². The van der Waals surface area contributed by atoms with E-state index >= 15 is 0 Å². The zero-order valence-electron chi connectivity index (χ0n) is 8.13. The molecule has 0 aromatic heterocycles. The maximum absolute atomic E-state index is 10.5. The van der Waals surface area contributed by atoms with E-state index in [2.05, 4.69) is 11.9 Å². The number of aliphatic hydroxyl groups excluding tert-OH is 1. The Labute approximate surface area is 87.9 Å². The molecular weight excluding hydrogens is 194 g/mol. The minimum Gasteiger partial charge on any atom is -0.465 e. The average Bonchev–Trinajstić information content (AvgIpc) is 2.26. The quantitative estimate of drug-likeness (QED) is 0.656. The first kappa shape index (κ1) is 11.3. The Kier molecular flexibility index (Phi) is 3.88. The number of amides is 1. The van der Waals surface area contributed by atoms with E-state index < -0.39 is 18.2 Å². The molecule has 1 aromatic rings. The minimum absolute atomic E-state index is 0.679. The third kappa shape index (κ3) is 3.11. The maximum Gasteiger partial charge on any atom is 0.405 e. The van der Waals surface area contributed by atoms with Gasteiger partial charge in [-0.05, 0) is 5.56 Å². The van der Waals surface area contributed by atoms with Crippen LogP contribution in [0.3, 0.4) is 0 Å². The summed E-state index contributed by atoms with van der Waals surface area (Å²) >= 11 is 0. The Bertz CT molecular complexity index is 337. The van der Waals surface area contributed by atoms with Gasteiger partial charge >= 0.3 is 6.09 Å². The van der Waals surface area contributed by atoms with Gasteiger partial charge in [0.1, 0.15) is 0 Å². The van der Waals surface area contributed by atoms with Crippen LogP contribution < -0.4 is 5.32 Å². The maximum atomic E-state index is 10.5. The van der Waals surface area contributed by atoms with Gasteiger partial charge in [-0.25, -0.2) is 4.79 Å². The Hall–Kier alpha value is -1.81. The predicted molar refractivity (Wildman–Crippen MR) is 56.5 cm³/mol. The number of hydrogen-bond acceptors (Lipinski definition) is 2. The van der Waals surface area contributed by atoms with Gasteiger partial charge in [0.2, 0.25) is 0 Å². The number of aliphatic hydroxyl groups is 1. The zero-order valence-corrected chi connectivity index (χ0v) is 8.13. The van der Waals surface area contributed by atoms with Crippen molar-refractivity contribution in [3.05, 3.63) is 48.6 Å². The highest BCUT2D eigenvalue weighted by molar-refractivity contribution is 5.65. The van der Waals surface area contributed by atoms with Gasteiger partial charge in [-0.2, -0.15) is 0 Å². The van der Waals surface area contributed by atoms with Crippen molar-refractivity contribution < 1.29 is 15.0 Å². The molecule has 0 heterocycles. The summed E-state index contributed by atoms with van der Waals surface area (Å²) in [5, 5.41) is 20.5. The van der Waals surface area contributed by atoms with Gasteiger partial charge in [0, 0.05) is 0 Å². The standard InChI is InChI=1S/C11H13NO3/c1-2-9(13)10(12-11(14)15)8-6-4-3-5-7-8/h2-7,9-10,12-13H,1H2,(H,14,15)/t9-,10-/m0/s1. The first-order chi connectivity index (χ1) is 7.15. The molecule has 4 nitrogen and oxygen atoms in total. The molecule has 1 rings (SSSR count). The van der Waals surface area contributed by atoms with E-state index in [1.807, 2.05) is 6.07 Å². The van der Waals surface area contributed by atoms with E-state index in [9.17, 15) is 9.90 Å². The van der Waals surface area contributed by atoms with Gasteiger partial charge in [0.25, 0.3) is 0 Å². The number of nitrogens with one attached hydrogen (secondary N) is 1. The van der Waals surface area contributed by atoms with Gasteiger partial charge in [0.15, 0.2) is 0 Å². The summed E-state index contributed by atoms with van der Waals surface area (Å²) in [5.41, 5.74) is 0.701. The lowest BCUT2D eigenvalue weighted by molar-refractivity contribution is 0.151. The molecule has 3 N–H and O–H groups in total. The lowest BCUT2D eigenvalue weighted by Gasteiger charge is -2.20. The summed E-state index contributed by atoms with van der Waals surface area (Å²) in [6.07, 6.45) is -0.818. The second kappa shape index (κ2) is 5.17. The van der Waals surface area contributed by atoms with Gasteiger partial charge in [-0.1, -0.05) is 36.4 Å². The van der Waals surface area contributed by atoms with Crippen LogP contribution in [-0.4, -0.2) is 22.4 Å². The van der Waals surface area contributed by atoms with Crippen LogP contribution in [0, 0.1) is 0 Å². The molecule has 0 fully saturated rings. The fourth-order valence-electron chi connectivity index (χ4n) is 1.30. The molecule has 1 aromatic carbocycles. The Morgan fingerprint density at radius 3 is 2.47 bits per heavy atom. The molecule has 0 aliphatic heterocycles. The summed E-state index contributed by atoms with van der Waals surface area (Å²) in [6, 6.07) is 8.19. The molecule has 0 radical (unpaired) electrons. The van der Waals surface area contributed by atoms with Gasteiger partial charge in [0.05, 0.1) is 12.1 Å². The fraction of sp³-hybridized carbons (Fsp3) is 0.182. The van der Waals surface area contributed by atoms with Crippen LogP contribution in [0.4, 0.5) is 4.79 Å². The highest BCUT2D eigenvalue weighted by atomic mass is 16.4. The van der Waals surface area contributed by atoms with Crippen molar-refractivity contribution in [1.29, 1.82) is 0 Å². The average molecular weight is 207 g/mol. The van der Waals surface area contributed by atoms with Crippen molar-refractivity contribution in [3.63, 3.8) is 0 Å². The molecular formula is C11H13NO3. The molecule has 0 saturated carbocycles. The van der Waals surface area contributed by atoms with E-state index in [1.54, 1.807) is 24.3 Å². The van der Waals surface area contributed by atoms with Crippen molar-refractivity contribution in [2.24, 2.45) is 0 Å². The molecule has 0 bridgehead atoms. The number of carboxylic acid groups (broad SMARTS) is 1. The monoisotopic (exact) mass is 207 g/mol. The SMILES string of the molecule is C=C[C@H](O)[C@@H](NC(=O)O)c1ccccc1. The third-order valence-electron chi connectivity index (χ3n) is 2.02. The Morgan fingerprint density at radius 1 is 1.40 bits per heavy atom. The molecule has 1 amide bonds. The van der Waals surface area contributed by atoms with Crippen molar-refractivity contribution in [2.45, 2.75) is 12.1 Å². The summed E-state index contributed by atoms with van der Waals surface area (Å²) in [6.45, 7) is 3.43. The molecule has 0 unspecified atom stereocenters. The zero-order chi connectivity index (χ0) is 11.3. The van der Waals surface area contributed by atoms with Gasteiger partial charge in [-0.15, -0.1) is 6.58 Å². The lowest BCUT2D eigenvalue weighted by Crippen LogP contribution is -2.34. The molecule has 0 aliphatic carbocycles. The van der Waals surface area contributed by atoms with E-state index in [-0.39, 0.29) is 0 Å². The number of benzene rings is 1. The first-order valence-corrected chi connectivity index (χ1v) is 4.50. The number of rotatable bonds is 4. The topological polar surface area (TPSA) is 69.6 Å². The predicted octanol–water partition coefficient (Wildman–Crippen LogP) is 1.54. The van der Waals surface area contributed by atoms with Crippen LogP contribution >= 0.6 is 0 Å². The van der Waals surface area contributed by atoms with E-state index in [0.29, 0.717) is 5.56 Å². The van der Waals surface area contributed by atoms with Crippen LogP contribution in [0.2, 0.25) is 0 Å². The van der Waals surface area contributed by atoms with Crippen LogP contribution in [0.5, 0.6) is 0 Å². The summed E-state index contributed by atoms with van der Waals surface area (Å²) in [7, 11) is 0. The molecule has 80 valence electrons. The first-order valence-electron chi connectivity index (χ1n) is 4.50. The second-order valence-electron chi connectivity index (χ2n) is 3.06. The number of carbonyl (C=O) groups is 1. The molecule has 0 aliphatic rings. The van der Waals surface area contributed by atoms with Crippen LogP contribution in [0.15, 0.2) is 43.0 Å². The van der Waals surface area contributed by atoms with Crippen molar-refractivity contribution in [2.75, 3.05) is 0 Å².